The number of nitrogens with one attached hydrogen (secondary N) is 2. The van der Waals surface area contributed by atoms with Crippen LogP contribution in [0.2, 0.25) is 0 Å². The summed E-state index contributed by atoms with van der Waals surface area (Å²) >= 11 is 1.19. The standard InChI is InChI=1S/C20H20F3N7O2S/c1-3-13-17(32-9-6-21)19(31-2)28-20(27-13)29-33-14-10-24-15-11(14)4-5-12(18(22)23)16(15)30-25-7-8-26-30/h4-5,7-8,10,18,24H,3,6,9H2,1-2H3,(H,27,28,29). The molecule has 0 aliphatic heterocycles. The van der Waals surface area contributed by atoms with Gasteiger partial charge in [0.25, 0.3) is 12.3 Å². The molecule has 3 heterocycles. The van der Waals surface area contributed by atoms with Crippen LogP contribution in [-0.4, -0.2) is 50.3 Å². The van der Waals surface area contributed by atoms with E-state index in [9.17, 15) is 13.2 Å². The van der Waals surface area contributed by atoms with Gasteiger partial charge in [-0.15, -0.1) is 4.80 Å². The van der Waals surface area contributed by atoms with Gasteiger partial charge in [0.1, 0.15) is 19.0 Å². The number of aromatic amines is 1. The molecule has 0 saturated heterocycles. The molecule has 0 atom stereocenters. The Morgan fingerprint density at radius 1 is 1.21 bits per heavy atom. The van der Waals surface area contributed by atoms with Crippen LogP contribution in [0.4, 0.5) is 19.1 Å². The zero-order valence-corrected chi connectivity index (χ0v) is 18.5. The fourth-order valence-electron chi connectivity index (χ4n) is 3.27. The fourth-order valence-corrected chi connectivity index (χ4v) is 3.96. The Hall–Kier alpha value is -3.48. The van der Waals surface area contributed by atoms with E-state index in [1.807, 2.05) is 6.92 Å². The molecule has 0 aliphatic rings. The number of rotatable bonds is 10. The van der Waals surface area contributed by atoms with Gasteiger partial charge in [0.15, 0.2) is 0 Å². The molecule has 2 N–H and O–H groups in total. The predicted octanol–water partition coefficient (Wildman–Crippen LogP) is 4.51. The summed E-state index contributed by atoms with van der Waals surface area (Å²) in [5.41, 5.74) is 1.02. The van der Waals surface area contributed by atoms with Crippen LogP contribution < -0.4 is 14.2 Å². The molecular weight excluding hydrogens is 459 g/mol. The second-order valence-corrected chi connectivity index (χ2v) is 7.47. The van der Waals surface area contributed by atoms with E-state index >= 15 is 0 Å². The maximum atomic E-state index is 13.6. The van der Waals surface area contributed by atoms with Crippen LogP contribution in [0.1, 0.15) is 24.6 Å². The highest BCUT2D eigenvalue weighted by Crippen LogP contribution is 2.37. The number of H-pyrrole nitrogens is 1. The Morgan fingerprint density at radius 3 is 2.67 bits per heavy atom. The lowest BCUT2D eigenvalue weighted by Crippen LogP contribution is -2.08. The number of alkyl halides is 3. The van der Waals surface area contributed by atoms with Crippen LogP contribution >= 0.6 is 11.9 Å². The monoisotopic (exact) mass is 479 g/mol. The first-order chi connectivity index (χ1) is 16.1. The molecule has 0 amide bonds. The van der Waals surface area contributed by atoms with E-state index in [0.29, 0.717) is 28.8 Å². The highest BCUT2D eigenvalue weighted by molar-refractivity contribution is 8.00. The van der Waals surface area contributed by atoms with Crippen molar-refractivity contribution in [3.8, 4) is 17.3 Å². The highest BCUT2D eigenvalue weighted by atomic mass is 32.2. The minimum absolute atomic E-state index is 0.127. The van der Waals surface area contributed by atoms with E-state index in [1.54, 1.807) is 12.3 Å². The summed E-state index contributed by atoms with van der Waals surface area (Å²) in [6, 6.07) is 2.96. The molecule has 0 aliphatic carbocycles. The van der Waals surface area contributed by atoms with E-state index < -0.39 is 13.1 Å². The molecule has 0 spiro atoms. The molecule has 174 valence electrons. The Morgan fingerprint density at radius 2 is 2.00 bits per heavy atom. The Labute approximate surface area is 190 Å². The van der Waals surface area contributed by atoms with Crippen molar-refractivity contribution in [1.82, 2.24) is 29.9 Å². The average molecular weight is 479 g/mol. The summed E-state index contributed by atoms with van der Waals surface area (Å²) in [7, 11) is 1.44. The average Bonchev–Trinajstić information content (AvgIpc) is 3.50. The zero-order valence-electron chi connectivity index (χ0n) is 17.7. The van der Waals surface area contributed by atoms with Crippen molar-refractivity contribution < 1.29 is 22.6 Å². The summed E-state index contributed by atoms with van der Waals surface area (Å²) in [5, 5.41) is 8.71. The number of ether oxygens (including phenoxy) is 2. The van der Waals surface area contributed by atoms with E-state index in [4.69, 9.17) is 9.47 Å². The van der Waals surface area contributed by atoms with Gasteiger partial charge >= 0.3 is 0 Å². The van der Waals surface area contributed by atoms with Gasteiger partial charge in [0.2, 0.25) is 11.7 Å². The number of aromatic nitrogens is 6. The number of nitrogens with zero attached hydrogens (tertiary/aromatic N) is 5. The van der Waals surface area contributed by atoms with Crippen LogP contribution in [-0.2, 0) is 6.42 Å². The van der Waals surface area contributed by atoms with Crippen LogP contribution in [0.5, 0.6) is 11.6 Å². The minimum atomic E-state index is -2.70. The topological polar surface area (TPSA) is 103 Å². The molecule has 33 heavy (non-hydrogen) atoms. The first-order valence-electron chi connectivity index (χ1n) is 9.92. The van der Waals surface area contributed by atoms with Gasteiger partial charge < -0.3 is 14.5 Å². The fraction of sp³-hybridized carbons (Fsp3) is 0.300. The number of aryl methyl sites for hydroxylation is 1. The second kappa shape index (κ2) is 9.98. The van der Waals surface area contributed by atoms with Crippen molar-refractivity contribution in [3.63, 3.8) is 0 Å². The third-order valence-electron chi connectivity index (χ3n) is 4.68. The third-order valence-corrected chi connectivity index (χ3v) is 5.53. The first-order valence-corrected chi connectivity index (χ1v) is 10.7. The van der Waals surface area contributed by atoms with E-state index in [2.05, 4.69) is 29.9 Å². The summed E-state index contributed by atoms with van der Waals surface area (Å²) in [5.74, 6) is 0.746. The SMILES string of the molecule is CCc1nc(NSc2c[nH]c3c(-n4nccn4)c(C(F)F)ccc23)nc(OC)c1OCCF. The third kappa shape index (κ3) is 4.53. The van der Waals surface area contributed by atoms with Gasteiger partial charge in [-0.1, -0.05) is 19.1 Å². The summed E-state index contributed by atoms with van der Waals surface area (Å²) in [6.45, 7) is 1.11. The molecule has 0 fully saturated rings. The van der Waals surface area contributed by atoms with E-state index in [1.165, 1.54) is 42.3 Å². The maximum Gasteiger partial charge on any atom is 0.266 e. The van der Waals surface area contributed by atoms with Gasteiger partial charge in [-0.2, -0.15) is 15.2 Å². The number of hydrogen-bond donors (Lipinski definition) is 2. The molecule has 0 bridgehead atoms. The van der Waals surface area contributed by atoms with Crippen molar-refractivity contribution in [1.29, 1.82) is 0 Å². The first kappa shape index (κ1) is 22.7. The lowest BCUT2D eigenvalue weighted by atomic mass is 10.1. The molecule has 0 saturated carbocycles. The number of anilines is 1. The van der Waals surface area contributed by atoms with Gasteiger partial charge in [-0.3, -0.25) is 4.72 Å². The molecule has 1 aromatic carbocycles. The number of halogens is 3. The molecule has 9 nitrogen and oxygen atoms in total. The lowest BCUT2D eigenvalue weighted by molar-refractivity contribution is 0.151. The van der Waals surface area contributed by atoms with Gasteiger partial charge in [-0.25, -0.2) is 18.2 Å². The van der Waals surface area contributed by atoms with Crippen LogP contribution in [0, 0.1) is 0 Å². The zero-order chi connectivity index (χ0) is 23.4. The van der Waals surface area contributed by atoms with E-state index in [-0.39, 0.29) is 29.7 Å². The van der Waals surface area contributed by atoms with Crippen molar-refractivity contribution in [3.05, 3.63) is 42.0 Å². The summed E-state index contributed by atoms with van der Waals surface area (Å²) < 4.78 is 53.5. The van der Waals surface area contributed by atoms with Crippen molar-refractivity contribution in [2.45, 2.75) is 24.7 Å². The minimum Gasteiger partial charge on any atom is -0.484 e. The summed E-state index contributed by atoms with van der Waals surface area (Å²) in [4.78, 5) is 13.6. The molecule has 4 rings (SSSR count). The van der Waals surface area contributed by atoms with Gasteiger partial charge in [0, 0.05) is 17.1 Å². The quantitative estimate of drug-likeness (QED) is 0.320. The van der Waals surface area contributed by atoms with Crippen molar-refractivity contribution in [2.24, 2.45) is 0 Å². The van der Waals surface area contributed by atoms with Gasteiger partial charge in [-0.05, 0) is 18.4 Å². The smallest absolute Gasteiger partial charge is 0.266 e. The molecule has 3 aromatic heterocycles. The number of benzene rings is 1. The van der Waals surface area contributed by atoms with Crippen molar-refractivity contribution >= 4 is 28.8 Å². The Balaban J connectivity index is 1.65. The number of methoxy groups -OCH3 is 1. The molecule has 4 aromatic rings. The lowest BCUT2D eigenvalue weighted by Gasteiger charge is -2.14. The van der Waals surface area contributed by atoms with Gasteiger partial charge in [0.05, 0.1) is 35.6 Å². The van der Waals surface area contributed by atoms with Crippen molar-refractivity contribution in [2.75, 3.05) is 25.1 Å². The Bertz CT molecular complexity index is 1210. The Kier molecular flexibility index (Phi) is 6.87. The van der Waals surface area contributed by atoms with Crippen LogP contribution in [0.3, 0.4) is 0 Å². The predicted molar refractivity (Wildman–Crippen MR) is 117 cm³/mol. The summed E-state index contributed by atoms with van der Waals surface area (Å²) in [6.07, 6.45) is 2.35. The largest absolute Gasteiger partial charge is 0.484 e. The maximum absolute atomic E-state index is 13.6. The highest BCUT2D eigenvalue weighted by Gasteiger charge is 2.21. The number of hydrogen-bond acceptors (Lipinski definition) is 8. The molecular formula is C20H20F3N7O2S. The molecule has 13 heteroatoms. The molecule has 0 radical (unpaired) electrons. The van der Waals surface area contributed by atoms with Crippen LogP contribution in [0.15, 0.2) is 35.6 Å². The normalized spacial score (nSPS) is 11.3. The number of fused-ring (bicyclic) bond motifs is 1. The van der Waals surface area contributed by atoms with Crippen LogP contribution in [0.25, 0.3) is 16.6 Å². The second-order valence-electron chi connectivity index (χ2n) is 6.63. The molecule has 0 unspecified atom stereocenters. The van der Waals surface area contributed by atoms with E-state index in [0.717, 1.165) is 4.90 Å².